The number of ether oxygens (including phenoxy) is 1. The normalized spacial score (nSPS) is 10.3. The van der Waals surface area contributed by atoms with Crippen LogP contribution in [0, 0.1) is 0 Å². The van der Waals surface area contributed by atoms with Crippen molar-refractivity contribution >= 4 is 33.8 Å². The number of rotatable bonds is 3. The molecule has 0 unspecified atom stereocenters. The summed E-state index contributed by atoms with van der Waals surface area (Å²) in [6, 6.07) is 13.8. The van der Waals surface area contributed by atoms with Crippen LogP contribution in [-0.4, -0.2) is 18.2 Å². The van der Waals surface area contributed by atoms with Crippen molar-refractivity contribution < 1.29 is 9.53 Å². The van der Waals surface area contributed by atoms with Crippen LogP contribution in [0.1, 0.15) is 0 Å². The minimum absolute atomic E-state index is 0.490. The van der Waals surface area contributed by atoms with Gasteiger partial charge in [0.15, 0.2) is 0 Å². The Labute approximate surface area is 130 Å². The van der Waals surface area contributed by atoms with Crippen LogP contribution in [0.25, 0.3) is 21.1 Å². The molecule has 0 saturated heterocycles. The molecule has 6 heteroatoms. The minimum atomic E-state index is -0.490. The molecular formula is C15H12N2O2S2. The Bertz CT molecular complexity index is 736. The first-order valence-electron chi connectivity index (χ1n) is 6.23. The molecule has 4 nitrogen and oxygen atoms in total. The molecule has 0 bridgehead atoms. The summed E-state index contributed by atoms with van der Waals surface area (Å²) in [7, 11) is 1.35. The molecule has 0 fully saturated rings. The third-order valence-electron chi connectivity index (χ3n) is 2.80. The lowest BCUT2D eigenvalue weighted by Gasteiger charge is -2.01. The Kier molecular flexibility index (Phi) is 3.98. The van der Waals surface area contributed by atoms with E-state index >= 15 is 0 Å². The maximum absolute atomic E-state index is 11.5. The van der Waals surface area contributed by atoms with Gasteiger partial charge in [-0.05, 0) is 11.4 Å². The van der Waals surface area contributed by atoms with Crippen LogP contribution in [0.15, 0.2) is 47.8 Å². The van der Waals surface area contributed by atoms with Gasteiger partial charge in [0.25, 0.3) is 0 Å². The van der Waals surface area contributed by atoms with Crippen molar-refractivity contribution in [3.8, 4) is 21.1 Å². The molecule has 0 radical (unpaired) electrons. The second kappa shape index (κ2) is 6.07. The van der Waals surface area contributed by atoms with Crippen LogP contribution >= 0.6 is 22.7 Å². The van der Waals surface area contributed by atoms with Crippen LogP contribution in [0.2, 0.25) is 0 Å². The lowest BCUT2D eigenvalue weighted by Crippen LogP contribution is -2.10. The van der Waals surface area contributed by atoms with Crippen LogP contribution < -0.4 is 5.32 Å². The maximum atomic E-state index is 11.5. The molecule has 0 aliphatic rings. The Morgan fingerprint density at radius 3 is 2.67 bits per heavy atom. The highest BCUT2D eigenvalue weighted by Crippen LogP contribution is 2.39. The Hall–Kier alpha value is -2.18. The van der Waals surface area contributed by atoms with E-state index in [4.69, 9.17) is 0 Å². The summed E-state index contributed by atoms with van der Waals surface area (Å²) in [5.41, 5.74) is 1.80. The number of carbonyl (C=O) groups excluding carboxylic acids is 1. The smallest absolute Gasteiger partial charge is 0.412 e. The van der Waals surface area contributed by atoms with E-state index in [0.29, 0.717) is 5.00 Å². The summed E-state index contributed by atoms with van der Waals surface area (Å²) >= 11 is 3.02. The molecule has 1 N–H and O–H groups in total. The Morgan fingerprint density at radius 1 is 1.19 bits per heavy atom. The maximum Gasteiger partial charge on any atom is 0.412 e. The van der Waals surface area contributed by atoms with Gasteiger partial charge in [-0.15, -0.1) is 11.3 Å². The van der Waals surface area contributed by atoms with Gasteiger partial charge in [0.1, 0.15) is 15.7 Å². The van der Waals surface area contributed by atoms with E-state index in [1.165, 1.54) is 18.4 Å². The summed E-state index contributed by atoms with van der Waals surface area (Å²) in [5.74, 6) is 0. The lowest BCUT2D eigenvalue weighted by atomic mass is 10.2. The predicted molar refractivity (Wildman–Crippen MR) is 86.9 cm³/mol. The third-order valence-corrected chi connectivity index (χ3v) is 4.70. The molecule has 2 aromatic heterocycles. The van der Waals surface area contributed by atoms with E-state index in [1.807, 2.05) is 47.8 Å². The Morgan fingerprint density at radius 2 is 2.00 bits per heavy atom. The summed E-state index contributed by atoms with van der Waals surface area (Å²) in [4.78, 5) is 17.2. The molecule has 0 aliphatic carbocycles. The number of benzene rings is 1. The molecule has 3 aromatic rings. The number of aromatic nitrogens is 1. The van der Waals surface area contributed by atoms with Crippen molar-refractivity contribution in [2.24, 2.45) is 0 Å². The topological polar surface area (TPSA) is 51.2 Å². The molecule has 106 valence electrons. The predicted octanol–water partition coefficient (Wildman–Crippen LogP) is 4.72. The number of nitrogens with one attached hydrogen (secondary N) is 1. The average molecular weight is 316 g/mol. The zero-order chi connectivity index (χ0) is 14.7. The fourth-order valence-electron chi connectivity index (χ4n) is 1.83. The van der Waals surface area contributed by atoms with Gasteiger partial charge in [0.2, 0.25) is 0 Å². The van der Waals surface area contributed by atoms with Crippen LogP contribution in [0.5, 0.6) is 0 Å². The first-order chi connectivity index (χ1) is 10.3. The quantitative estimate of drug-likeness (QED) is 0.761. The van der Waals surface area contributed by atoms with Crippen molar-refractivity contribution in [1.29, 1.82) is 0 Å². The first-order valence-corrected chi connectivity index (χ1v) is 7.92. The standard InChI is InChI=1S/C15H12N2O2S2/c1-19-15(18)17-14-12(11-8-5-9-20-11)16-13(21-14)10-6-3-2-4-7-10/h2-9H,1H3,(H,17,18). The summed E-state index contributed by atoms with van der Waals surface area (Å²) in [6.07, 6.45) is -0.490. The summed E-state index contributed by atoms with van der Waals surface area (Å²) in [6.45, 7) is 0. The highest BCUT2D eigenvalue weighted by atomic mass is 32.1. The number of thiophene rings is 1. The van der Waals surface area contributed by atoms with Gasteiger partial charge in [-0.2, -0.15) is 0 Å². The number of carbonyl (C=O) groups is 1. The third kappa shape index (κ3) is 2.96. The largest absolute Gasteiger partial charge is 0.453 e. The molecule has 2 heterocycles. The summed E-state index contributed by atoms with van der Waals surface area (Å²) < 4.78 is 4.67. The van der Waals surface area contributed by atoms with Gasteiger partial charge in [-0.3, -0.25) is 5.32 Å². The highest BCUT2D eigenvalue weighted by Gasteiger charge is 2.17. The van der Waals surface area contributed by atoms with E-state index in [-0.39, 0.29) is 0 Å². The lowest BCUT2D eigenvalue weighted by molar-refractivity contribution is 0.187. The van der Waals surface area contributed by atoms with Crippen LogP contribution in [-0.2, 0) is 4.74 Å². The van der Waals surface area contributed by atoms with E-state index in [0.717, 1.165) is 21.1 Å². The molecule has 1 amide bonds. The number of thiazole rings is 1. The van der Waals surface area contributed by atoms with Crippen molar-refractivity contribution in [2.75, 3.05) is 12.4 Å². The van der Waals surface area contributed by atoms with Crippen molar-refractivity contribution in [3.05, 3.63) is 47.8 Å². The van der Waals surface area contributed by atoms with Gasteiger partial charge >= 0.3 is 6.09 Å². The number of amides is 1. The molecule has 21 heavy (non-hydrogen) atoms. The fraction of sp³-hybridized carbons (Fsp3) is 0.0667. The first kappa shape index (κ1) is 13.8. The Balaban J connectivity index is 2.05. The molecule has 0 atom stereocenters. The van der Waals surface area contributed by atoms with Gasteiger partial charge in [-0.25, -0.2) is 9.78 Å². The number of anilines is 1. The molecule has 0 spiro atoms. The van der Waals surface area contributed by atoms with Crippen molar-refractivity contribution in [2.45, 2.75) is 0 Å². The second-order valence-electron chi connectivity index (χ2n) is 4.16. The van der Waals surface area contributed by atoms with Crippen LogP contribution in [0.4, 0.5) is 9.80 Å². The van der Waals surface area contributed by atoms with Gasteiger partial charge in [-0.1, -0.05) is 47.7 Å². The molecular weight excluding hydrogens is 304 g/mol. The SMILES string of the molecule is COC(=O)Nc1sc(-c2ccccc2)nc1-c1cccs1. The zero-order valence-electron chi connectivity index (χ0n) is 11.2. The van der Waals surface area contributed by atoms with E-state index in [2.05, 4.69) is 15.0 Å². The van der Waals surface area contributed by atoms with E-state index in [1.54, 1.807) is 11.3 Å². The number of hydrogen-bond donors (Lipinski definition) is 1. The number of methoxy groups -OCH3 is 1. The van der Waals surface area contributed by atoms with Crippen LogP contribution in [0.3, 0.4) is 0 Å². The average Bonchev–Trinajstić information content (AvgIpc) is 3.17. The number of hydrogen-bond acceptors (Lipinski definition) is 5. The summed E-state index contributed by atoms with van der Waals surface area (Å²) in [5, 5.41) is 6.29. The monoisotopic (exact) mass is 316 g/mol. The van der Waals surface area contributed by atoms with E-state index in [9.17, 15) is 4.79 Å². The van der Waals surface area contributed by atoms with E-state index < -0.39 is 6.09 Å². The van der Waals surface area contributed by atoms with Gasteiger partial charge in [0.05, 0.1) is 12.0 Å². The number of nitrogens with zero attached hydrogens (tertiary/aromatic N) is 1. The van der Waals surface area contributed by atoms with Gasteiger partial charge in [0, 0.05) is 5.56 Å². The van der Waals surface area contributed by atoms with Crippen molar-refractivity contribution in [1.82, 2.24) is 4.98 Å². The molecule has 0 saturated carbocycles. The molecule has 1 aromatic carbocycles. The second-order valence-corrected chi connectivity index (χ2v) is 6.10. The fourth-order valence-corrected chi connectivity index (χ4v) is 3.59. The molecule has 0 aliphatic heterocycles. The zero-order valence-corrected chi connectivity index (χ0v) is 12.8. The van der Waals surface area contributed by atoms with Crippen molar-refractivity contribution in [3.63, 3.8) is 0 Å². The molecule has 3 rings (SSSR count). The van der Waals surface area contributed by atoms with Gasteiger partial charge < -0.3 is 4.74 Å². The minimum Gasteiger partial charge on any atom is -0.453 e. The highest BCUT2D eigenvalue weighted by molar-refractivity contribution is 7.20.